The van der Waals surface area contributed by atoms with Crippen molar-refractivity contribution in [2.24, 2.45) is 0 Å². The van der Waals surface area contributed by atoms with Gasteiger partial charge in [-0.05, 0) is 6.92 Å². The molecule has 0 bridgehead atoms. The number of rotatable bonds is 0. The van der Waals surface area contributed by atoms with E-state index in [9.17, 15) is 5.11 Å². The van der Waals surface area contributed by atoms with E-state index < -0.39 is 5.79 Å². The molecule has 1 aliphatic heterocycles. The summed E-state index contributed by atoms with van der Waals surface area (Å²) in [6.07, 6.45) is 0. The highest BCUT2D eigenvalue weighted by molar-refractivity contribution is 4.70. The van der Waals surface area contributed by atoms with Crippen molar-refractivity contribution in [2.45, 2.75) is 12.7 Å². The molecule has 1 radical (unpaired) electrons. The summed E-state index contributed by atoms with van der Waals surface area (Å²) in [6, 6.07) is 0. The second-order valence-corrected chi connectivity index (χ2v) is 1.42. The maximum Gasteiger partial charge on any atom is 0.222 e. The Morgan fingerprint density at radius 3 is 2.20 bits per heavy atom. The molecule has 0 saturated carbocycles. The summed E-state index contributed by atoms with van der Waals surface area (Å²) in [5, 5.41) is 9.99. The van der Waals surface area contributed by atoms with Crippen LogP contribution >= 0.6 is 0 Å². The summed E-state index contributed by atoms with van der Waals surface area (Å²) in [5.74, 6) is -1.00. The second kappa shape index (κ2) is 0.533. The highest BCUT2D eigenvalue weighted by Gasteiger charge is 2.38. The number of ether oxygens (including phenoxy) is 1. The Hall–Kier alpha value is -0.0800. The van der Waals surface area contributed by atoms with Crippen molar-refractivity contribution < 1.29 is 9.84 Å². The van der Waals surface area contributed by atoms with Crippen molar-refractivity contribution in [3.8, 4) is 0 Å². The second-order valence-electron chi connectivity index (χ2n) is 1.42. The fourth-order valence-electron chi connectivity index (χ4n) is 0.102. The summed E-state index contributed by atoms with van der Waals surface area (Å²) >= 11 is 0. The van der Waals surface area contributed by atoms with Crippen molar-refractivity contribution in [3.63, 3.8) is 0 Å². The number of hydrogen-bond donors (Lipinski definition) is 0. The average molecular weight is 73.1 g/mol. The zero-order valence-corrected chi connectivity index (χ0v) is 3.02. The molecule has 0 aromatic carbocycles. The Labute approximate surface area is 30.4 Å². The first kappa shape index (κ1) is 3.12. The molecule has 0 spiro atoms. The van der Waals surface area contributed by atoms with Crippen LogP contribution in [0.25, 0.3) is 0 Å². The van der Waals surface area contributed by atoms with Gasteiger partial charge in [-0.15, -0.1) is 0 Å². The van der Waals surface area contributed by atoms with Crippen LogP contribution in [0.5, 0.6) is 0 Å². The van der Waals surface area contributed by atoms with Gasteiger partial charge in [-0.1, -0.05) is 0 Å². The molecule has 0 aliphatic carbocycles. The maximum absolute atomic E-state index is 9.99. The van der Waals surface area contributed by atoms with E-state index >= 15 is 0 Å². The van der Waals surface area contributed by atoms with E-state index in [0.717, 1.165) is 0 Å². The summed E-state index contributed by atoms with van der Waals surface area (Å²) in [7, 11) is 0. The van der Waals surface area contributed by atoms with Gasteiger partial charge in [-0.25, -0.2) is 0 Å². The molecular formula is C3H5O2. The normalized spacial score (nSPS) is 49.2. The predicted molar refractivity (Wildman–Crippen MR) is 15.0 cm³/mol. The van der Waals surface area contributed by atoms with Crippen LogP contribution in [0.15, 0.2) is 0 Å². The molecule has 2 heteroatoms. The molecule has 1 heterocycles. The molecule has 1 fully saturated rings. The van der Waals surface area contributed by atoms with Gasteiger partial charge < -0.3 is 4.74 Å². The van der Waals surface area contributed by atoms with Crippen LogP contribution in [0.4, 0.5) is 0 Å². The van der Waals surface area contributed by atoms with Crippen LogP contribution in [0.2, 0.25) is 0 Å². The average Bonchev–Trinajstić information content (AvgIpc) is 1.76. The molecule has 0 amide bonds. The predicted octanol–water partition coefficient (Wildman–Crippen LogP) is 0.163. The minimum Gasteiger partial charge on any atom is -0.340 e. The number of epoxide rings is 1. The molecule has 29 valence electrons. The zero-order chi connectivity index (χ0) is 3.91. The Morgan fingerprint density at radius 1 is 2.00 bits per heavy atom. The number of hydrogen-bond acceptors (Lipinski definition) is 1. The molecule has 1 aliphatic rings. The lowest BCUT2D eigenvalue weighted by Gasteiger charge is -1.76. The summed E-state index contributed by atoms with van der Waals surface area (Å²) in [6.45, 7) is 1.92. The van der Waals surface area contributed by atoms with E-state index in [4.69, 9.17) is 0 Å². The molecule has 1 unspecified atom stereocenters. The van der Waals surface area contributed by atoms with E-state index in [2.05, 4.69) is 4.74 Å². The molecule has 1 rings (SSSR count). The molecule has 0 aromatic rings. The molecule has 5 heavy (non-hydrogen) atoms. The molecule has 1 atom stereocenters. The van der Waals surface area contributed by atoms with Gasteiger partial charge >= 0.3 is 0 Å². The van der Waals surface area contributed by atoms with Crippen molar-refractivity contribution in [1.82, 2.24) is 0 Å². The van der Waals surface area contributed by atoms with Crippen LogP contribution in [-0.4, -0.2) is 12.4 Å². The minimum atomic E-state index is -1.00. The third kappa shape index (κ3) is 0.597. The van der Waals surface area contributed by atoms with Gasteiger partial charge in [0.2, 0.25) is 5.79 Å². The lowest BCUT2D eigenvalue weighted by molar-refractivity contribution is -0.0114. The molecule has 0 aromatic heterocycles. The van der Waals surface area contributed by atoms with Crippen LogP contribution in [0, 0.1) is 0 Å². The summed E-state index contributed by atoms with van der Waals surface area (Å²) in [4.78, 5) is 0. The third-order valence-corrected chi connectivity index (χ3v) is 0.551. The first-order valence-electron chi connectivity index (χ1n) is 1.55. The van der Waals surface area contributed by atoms with Gasteiger partial charge in [0, 0.05) is 0 Å². The Morgan fingerprint density at radius 2 is 2.20 bits per heavy atom. The SMILES string of the molecule is CC1([O])CO1. The molecule has 1 saturated heterocycles. The monoisotopic (exact) mass is 73.0 g/mol. The maximum atomic E-state index is 9.99. The lowest BCUT2D eigenvalue weighted by atomic mass is 10.5. The van der Waals surface area contributed by atoms with Crippen LogP contribution in [-0.2, 0) is 9.84 Å². The fraction of sp³-hybridized carbons (Fsp3) is 1.00. The Bertz CT molecular complexity index is 42.9. The van der Waals surface area contributed by atoms with Gasteiger partial charge in [-0.3, -0.25) is 0 Å². The first-order chi connectivity index (χ1) is 2.21. The molecular weight excluding hydrogens is 68.0 g/mol. The van der Waals surface area contributed by atoms with Crippen molar-refractivity contribution in [1.29, 1.82) is 0 Å². The lowest BCUT2D eigenvalue weighted by Crippen LogP contribution is -1.94. The van der Waals surface area contributed by atoms with E-state index in [1.165, 1.54) is 6.92 Å². The van der Waals surface area contributed by atoms with Gasteiger partial charge in [0.15, 0.2) is 0 Å². The highest BCUT2D eigenvalue weighted by atomic mass is 16.7. The van der Waals surface area contributed by atoms with Crippen LogP contribution in [0.3, 0.4) is 0 Å². The molecule has 0 N–H and O–H groups in total. The van der Waals surface area contributed by atoms with Gasteiger partial charge in [0.1, 0.15) is 6.61 Å². The van der Waals surface area contributed by atoms with Gasteiger partial charge in [-0.2, -0.15) is 5.11 Å². The summed E-state index contributed by atoms with van der Waals surface area (Å²) < 4.78 is 4.34. The first-order valence-corrected chi connectivity index (χ1v) is 1.55. The van der Waals surface area contributed by atoms with Crippen molar-refractivity contribution in [2.75, 3.05) is 6.61 Å². The summed E-state index contributed by atoms with van der Waals surface area (Å²) in [5.41, 5.74) is 0. The third-order valence-electron chi connectivity index (χ3n) is 0.551. The Balaban J connectivity index is 2.38. The van der Waals surface area contributed by atoms with Gasteiger partial charge in [0.05, 0.1) is 0 Å². The van der Waals surface area contributed by atoms with Crippen molar-refractivity contribution >= 4 is 0 Å². The largest absolute Gasteiger partial charge is 0.340 e. The molecule has 2 nitrogen and oxygen atoms in total. The minimum absolute atomic E-state index is 0.396. The van der Waals surface area contributed by atoms with E-state index in [-0.39, 0.29) is 0 Å². The standard InChI is InChI=1S/C3H5O2/c1-3(4)2-5-3/h2H2,1H3. The quantitative estimate of drug-likeness (QED) is 0.376. The van der Waals surface area contributed by atoms with E-state index in [0.29, 0.717) is 6.61 Å². The highest BCUT2D eigenvalue weighted by Crippen LogP contribution is 2.21. The van der Waals surface area contributed by atoms with Gasteiger partial charge in [0.25, 0.3) is 0 Å². The topological polar surface area (TPSA) is 32.4 Å². The zero-order valence-electron chi connectivity index (χ0n) is 3.02. The van der Waals surface area contributed by atoms with Crippen LogP contribution in [0.1, 0.15) is 6.92 Å². The smallest absolute Gasteiger partial charge is 0.222 e. The van der Waals surface area contributed by atoms with Crippen molar-refractivity contribution in [3.05, 3.63) is 0 Å². The van der Waals surface area contributed by atoms with Crippen LogP contribution < -0.4 is 0 Å². The Kier molecular flexibility index (Phi) is 0.333. The fourth-order valence-corrected chi connectivity index (χ4v) is 0.102. The van der Waals surface area contributed by atoms with E-state index in [1.54, 1.807) is 0 Å². The van der Waals surface area contributed by atoms with E-state index in [1.807, 2.05) is 0 Å².